The molecule has 3 nitrogen and oxygen atoms in total. The van der Waals surface area contributed by atoms with Crippen LogP contribution < -0.4 is 14.2 Å². The van der Waals surface area contributed by atoms with Gasteiger partial charge in [0.15, 0.2) is 11.5 Å². The molecule has 112 valence electrons. The number of benzene rings is 2. The number of methoxy groups -OCH3 is 3. The zero-order chi connectivity index (χ0) is 15.4. The van der Waals surface area contributed by atoms with Crippen molar-refractivity contribution in [2.75, 3.05) is 21.3 Å². The van der Waals surface area contributed by atoms with Crippen LogP contribution in [0.5, 0.6) is 17.2 Å². The van der Waals surface area contributed by atoms with E-state index >= 15 is 0 Å². The molecule has 0 aromatic heterocycles. The molecule has 0 aliphatic heterocycles. The van der Waals surface area contributed by atoms with Gasteiger partial charge in [0, 0.05) is 10.0 Å². The van der Waals surface area contributed by atoms with Gasteiger partial charge < -0.3 is 14.2 Å². The van der Waals surface area contributed by atoms with E-state index in [1.54, 1.807) is 21.3 Å². The molecule has 1 atom stereocenters. The molecule has 0 radical (unpaired) electrons. The van der Waals surface area contributed by atoms with Crippen LogP contribution in [0.15, 0.2) is 40.9 Å². The highest BCUT2D eigenvalue weighted by Gasteiger charge is 2.18. The van der Waals surface area contributed by atoms with Gasteiger partial charge in [0.1, 0.15) is 5.75 Å². The second-order valence-electron chi connectivity index (χ2n) is 4.36. The molecule has 0 heterocycles. The molecule has 0 fully saturated rings. The van der Waals surface area contributed by atoms with Crippen LogP contribution in [-0.2, 0) is 0 Å². The van der Waals surface area contributed by atoms with Crippen molar-refractivity contribution in [3.05, 3.63) is 52.0 Å². The van der Waals surface area contributed by atoms with Gasteiger partial charge in [-0.05, 0) is 35.9 Å². The Labute approximate surface area is 137 Å². The molecule has 1 unspecified atom stereocenters. The Bertz CT molecular complexity index is 631. The van der Waals surface area contributed by atoms with Crippen molar-refractivity contribution in [2.24, 2.45) is 0 Å². The van der Waals surface area contributed by atoms with Crippen molar-refractivity contribution >= 4 is 27.5 Å². The molecular formula is C16H16BrClO3. The Morgan fingerprint density at radius 2 is 1.48 bits per heavy atom. The molecular weight excluding hydrogens is 356 g/mol. The number of rotatable bonds is 5. The van der Waals surface area contributed by atoms with Crippen molar-refractivity contribution in [1.82, 2.24) is 0 Å². The average Bonchev–Trinajstić information content (AvgIpc) is 2.53. The fourth-order valence-electron chi connectivity index (χ4n) is 2.09. The number of alkyl halides is 1. The van der Waals surface area contributed by atoms with Gasteiger partial charge in [-0.2, -0.15) is 0 Å². The smallest absolute Gasteiger partial charge is 0.161 e. The van der Waals surface area contributed by atoms with Crippen LogP contribution in [0.3, 0.4) is 0 Å². The third-order valence-corrected chi connectivity index (χ3v) is 4.15. The Morgan fingerprint density at radius 3 is 2.10 bits per heavy atom. The topological polar surface area (TPSA) is 27.7 Å². The molecule has 0 amide bonds. The lowest BCUT2D eigenvalue weighted by atomic mass is 10.0. The summed E-state index contributed by atoms with van der Waals surface area (Å²) in [5, 5.41) is -0.350. The van der Waals surface area contributed by atoms with Gasteiger partial charge in [0.05, 0.1) is 26.7 Å². The number of halogens is 2. The van der Waals surface area contributed by atoms with Crippen LogP contribution in [0.4, 0.5) is 0 Å². The van der Waals surface area contributed by atoms with Crippen LogP contribution >= 0.6 is 27.5 Å². The predicted octanol–water partition coefficient (Wildman–Crippen LogP) is 4.80. The van der Waals surface area contributed by atoms with E-state index in [1.165, 1.54) is 0 Å². The van der Waals surface area contributed by atoms with E-state index < -0.39 is 0 Å². The lowest BCUT2D eigenvalue weighted by Gasteiger charge is -2.16. The summed E-state index contributed by atoms with van der Waals surface area (Å²) < 4.78 is 16.9. The summed E-state index contributed by atoms with van der Waals surface area (Å²) in [5.41, 5.74) is 1.80. The molecule has 0 saturated heterocycles. The predicted molar refractivity (Wildman–Crippen MR) is 87.9 cm³/mol. The number of ether oxygens (including phenoxy) is 3. The number of hydrogen-bond acceptors (Lipinski definition) is 3. The quantitative estimate of drug-likeness (QED) is 0.706. The molecule has 0 aliphatic rings. The van der Waals surface area contributed by atoms with Crippen molar-refractivity contribution in [3.63, 3.8) is 0 Å². The van der Waals surface area contributed by atoms with E-state index in [4.69, 9.17) is 25.8 Å². The van der Waals surface area contributed by atoms with Crippen LogP contribution in [0.2, 0.25) is 0 Å². The van der Waals surface area contributed by atoms with Crippen molar-refractivity contribution in [3.8, 4) is 17.2 Å². The van der Waals surface area contributed by atoms with E-state index in [0.717, 1.165) is 21.3 Å². The maximum Gasteiger partial charge on any atom is 0.161 e. The highest BCUT2D eigenvalue weighted by molar-refractivity contribution is 9.10. The maximum absolute atomic E-state index is 6.61. The summed E-state index contributed by atoms with van der Waals surface area (Å²) in [6.45, 7) is 0. The summed E-state index contributed by atoms with van der Waals surface area (Å²) in [7, 11) is 4.84. The summed E-state index contributed by atoms with van der Waals surface area (Å²) in [6.07, 6.45) is 0. The highest BCUT2D eigenvalue weighted by Crippen LogP contribution is 2.39. The minimum Gasteiger partial charge on any atom is -0.496 e. The molecule has 5 heteroatoms. The van der Waals surface area contributed by atoms with E-state index in [9.17, 15) is 0 Å². The van der Waals surface area contributed by atoms with Gasteiger partial charge >= 0.3 is 0 Å². The zero-order valence-corrected chi connectivity index (χ0v) is 14.4. The molecule has 0 spiro atoms. The molecule has 0 N–H and O–H groups in total. The lowest BCUT2D eigenvalue weighted by molar-refractivity contribution is 0.354. The first-order valence-electron chi connectivity index (χ1n) is 6.30. The van der Waals surface area contributed by atoms with E-state index in [-0.39, 0.29) is 5.38 Å². The highest BCUT2D eigenvalue weighted by atomic mass is 79.9. The van der Waals surface area contributed by atoms with Gasteiger partial charge in [-0.1, -0.05) is 22.0 Å². The second-order valence-corrected chi connectivity index (χ2v) is 5.72. The molecule has 0 saturated carbocycles. The minimum atomic E-state index is -0.350. The molecule has 2 aromatic carbocycles. The Balaban J connectivity index is 2.44. The molecule has 2 rings (SSSR count). The Hall–Kier alpha value is -1.39. The molecule has 0 aliphatic carbocycles. The Kier molecular flexibility index (Phi) is 5.37. The normalized spacial score (nSPS) is 11.9. The van der Waals surface area contributed by atoms with E-state index in [2.05, 4.69) is 15.9 Å². The molecule has 21 heavy (non-hydrogen) atoms. The van der Waals surface area contributed by atoms with Crippen LogP contribution in [0.1, 0.15) is 16.5 Å². The summed E-state index contributed by atoms with van der Waals surface area (Å²) in [6, 6.07) is 11.4. The van der Waals surface area contributed by atoms with Crippen molar-refractivity contribution in [1.29, 1.82) is 0 Å². The van der Waals surface area contributed by atoms with Crippen molar-refractivity contribution in [2.45, 2.75) is 5.38 Å². The van der Waals surface area contributed by atoms with E-state index in [1.807, 2.05) is 36.4 Å². The third kappa shape index (κ3) is 3.44. The first-order valence-corrected chi connectivity index (χ1v) is 7.53. The molecule has 0 bridgehead atoms. The monoisotopic (exact) mass is 370 g/mol. The first-order chi connectivity index (χ1) is 10.1. The summed E-state index contributed by atoms with van der Waals surface area (Å²) in [5.74, 6) is 2.06. The zero-order valence-electron chi connectivity index (χ0n) is 12.0. The third-order valence-electron chi connectivity index (χ3n) is 3.17. The number of hydrogen-bond donors (Lipinski definition) is 0. The van der Waals surface area contributed by atoms with Crippen molar-refractivity contribution < 1.29 is 14.2 Å². The Morgan fingerprint density at radius 1 is 0.857 bits per heavy atom. The van der Waals surface area contributed by atoms with Crippen LogP contribution in [0, 0.1) is 0 Å². The minimum absolute atomic E-state index is 0.350. The van der Waals surface area contributed by atoms with Crippen LogP contribution in [0.25, 0.3) is 0 Å². The van der Waals surface area contributed by atoms with Gasteiger partial charge in [0.2, 0.25) is 0 Å². The fourth-order valence-corrected chi connectivity index (χ4v) is 2.78. The van der Waals surface area contributed by atoms with Gasteiger partial charge in [-0.25, -0.2) is 0 Å². The standard InChI is InChI=1S/C16H16BrClO3/c1-19-13-7-5-11(17)9-12(13)16(18)10-4-6-14(20-2)15(8-10)21-3/h4-9,16H,1-3H3. The van der Waals surface area contributed by atoms with Gasteiger partial charge in [-0.3, -0.25) is 0 Å². The summed E-state index contributed by atoms with van der Waals surface area (Å²) >= 11 is 10.1. The van der Waals surface area contributed by atoms with E-state index in [0.29, 0.717) is 11.5 Å². The average molecular weight is 372 g/mol. The maximum atomic E-state index is 6.61. The SMILES string of the molecule is COc1ccc(C(Cl)c2cc(Br)ccc2OC)cc1OC. The second kappa shape index (κ2) is 7.05. The van der Waals surface area contributed by atoms with Gasteiger partial charge in [0.25, 0.3) is 0 Å². The van der Waals surface area contributed by atoms with Crippen LogP contribution in [-0.4, -0.2) is 21.3 Å². The molecule has 2 aromatic rings. The first kappa shape index (κ1) is 16.0. The summed E-state index contributed by atoms with van der Waals surface area (Å²) in [4.78, 5) is 0. The fraction of sp³-hybridized carbons (Fsp3) is 0.250. The van der Waals surface area contributed by atoms with Gasteiger partial charge in [-0.15, -0.1) is 11.6 Å². The lowest BCUT2D eigenvalue weighted by Crippen LogP contribution is -1.99. The largest absolute Gasteiger partial charge is 0.496 e.